The van der Waals surface area contributed by atoms with Crippen molar-refractivity contribution in [1.82, 2.24) is 5.32 Å². The predicted octanol–water partition coefficient (Wildman–Crippen LogP) is 3.05. The van der Waals surface area contributed by atoms with Crippen molar-refractivity contribution in [3.05, 3.63) is 0 Å². The fourth-order valence-electron chi connectivity index (χ4n) is 5.24. The molecule has 3 heteroatoms. The summed E-state index contributed by atoms with van der Waals surface area (Å²) in [5, 5.41) is 12.8. The number of aliphatic carboxylic acids is 1. The van der Waals surface area contributed by atoms with Crippen LogP contribution in [0.25, 0.3) is 0 Å². The van der Waals surface area contributed by atoms with E-state index in [1.807, 2.05) is 13.8 Å². The summed E-state index contributed by atoms with van der Waals surface area (Å²) < 4.78 is 0. The van der Waals surface area contributed by atoms with E-state index in [9.17, 15) is 9.90 Å². The molecule has 3 nitrogen and oxygen atoms in total. The first kappa shape index (κ1) is 13.4. The van der Waals surface area contributed by atoms with Gasteiger partial charge in [0, 0.05) is 6.54 Å². The number of carboxylic acids is 1. The summed E-state index contributed by atoms with van der Waals surface area (Å²) in [7, 11) is 0. The third-order valence-corrected chi connectivity index (χ3v) is 6.20. The average Bonchev–Trinajstić information content (AvgIpc) is 2.34. The Morgan fingerprint density at radius 3 is 2.05 bits per heavy atom. The van der Waals surface area contributed by atoms with E-state index in [-0.39, 0.29) is 0 Å². The van der Waals surface area contributed by atoms with Gasteiger partial charge in [0.15, 0.2) is 0 Å². The third kappa shape index (κ3) is 2.31. The lowest BCUT2D eigenvalue weighted by Crippen LogP contribution is -2.56. The number of hydrogen-bond acceptors (Lipinski definition) is 2. The maximum atomic E-state index is 11.4. The molecule has 0 aromatic rings. The second-order valence-electron chi connectivity index (χ2n) is 7.76. The fourth-order valence-corrected chi connectivity index (χ4v) is 5.24. The average molecular weight is 265 g/mol. The summed E-state index contributed by atoms with van der Waals surface area (Å²) in [5.41, 5.74) is -0.329. The van der Waals surface area contributed by atoms with Gasteiger partial charge in [-0.3, -0.25) is 4.79 Å². The Morgan fingerprint density at radius 1 is 1.21 bits per heavy atom. The van der Waals surface area contributed by atoms with Gasteiger partial charge in [0.05, 0.1) is 0 Å². The molecule has 1 unspecified atom stereocenters. The van der Waals surface area contributed by atoms with Crippen molar-refractivity contribution in [2.45, 2.75) is 64.3 Å². The van der Waals surface area contributed by atoms with Crippen LogP contribution in [0, 0.1) is 23.2 Å². The zero-order chi connectivity index (χ0) is 13.7. The van der Waals surface area contributed by atoms with E-state index in [1.54, 1.807) is 0 Å². The molecular weight excluding hydrogens is 238 g/mol. The van der Waals surface area contributed by atoms with Gasteiger partial charge in [-0.05, 0) is 75.0 Å². The van der Waals surface area contributed by atoms with E-state index in [0.29, 0.717) is 11.8 Å². The monoisotopic (exact) mass is 265 g/mol. The number of carbonyl (C=O) groups is 1. The molecule has 4 rings (SSSR count). The first-order valence-electron chi connectivity index (χ1n) is 7.93. The Balaban J connectivity index is 1.68. The predicted molar refractivity (Wildman–Crippen MR) is 74.9 cm³/mol. The van der Waals surface area contributed by atoms with Crippen molar-refractivity contribution in [3.63, 3.8) is 0 Å². The molecule has 0 aromatic heterocycles. The van der Waals surface area contributed by atoms with Gasteiger partial charge in [-0.15, -0.1) is 0 Å². The quantitative estimate of drug-likeness (QED) is 0.803. The number of nitrogens with one attached hydrogen (secondary N) is 1. The SMILES string of the molecule is CCC(C)(NCC12CC3CC(CC(C3)C1)C2)C(=O)O. The highest BCUT2D eigenvalue weighted by atomic mass is 16.4. The molecule has 4 fully saturated rings. The number of carboxylic acid groups (broad SMARTS) is 1. The van der Waals surface area contributed by atoms with Crippen molar-refractivity contribution in [1.29, 1.82) is 0 Å². The Hall–Kier alpha value is -0.570. The second-order valence-corrected chi connectivity index (χ2v) is 7.76. The van der Waals surface area contributed by atoms with Gasteiger partial charge in [0.25, 0.3) is 0 Å². The molecule has 4 saturated carbocycles. The van der Waals surface area contributed by atoms with Gasteiger partial charge in [0.1, 0.15) is 5.54 Å². The molecule has 2 N–H and O–H groups in total. The van der Waals surface area contributed by atoms with Crippen LogP contribution in [0.1, 0.15) is 58.8 Å². The standard InChI is InChI=1S/C16H27NO2/c1-3-15(2,14(18)19)17-10-16-7-11-4-12(8-16)6-13(5-11)9-16/h11-13,17H,3-10H2,1-2H3,(H,18,19). The molecule has 0 amide bonds. The Morgan fingerprint density at radius 2 is 1.68 bits per heavy atom. The van der Waals surface area contributed by atoms with Crippen molar-refractivity contribution in [2.24, 2.45) is 23.2 Å². The molecule has 0 heterocycles. The molecule has 0 saturated heterocycles. The molecule has 4 bridgehead atoms. The summed E-state index contributed by atoms with van der Waals surface area (Å²) in [6.07, 6.45) is 9.01. The molecule has 19 heavy (non-hydrogen) atoms. The van der Waals surface area contributed by atoms with Crippen LogP contribution >= 0.6 is 0 Å². The van der Waals surface area contributed by atoms with E-state index in [4.69, 9.17) is 0 Å². The smallest absolute Gasteiger partial charge is 0.323 e. The molecule has 0 aliphatic heterocycles. The Kier molecular flexibility index (Phi) is 3.16. The fraction of sp³-hybridized carbons (Fsp3) is 0.938. The van der Waals surface area contributed by atoms with Crippen LogP contribution < -0.4 is 5.32 Å². The van der Waals surface area contributed by atoms with E-state index in [1.165, 1.54) is 38.5 Å². The highest BCUT2D eigenvalue weighted by Crippen LogP contribution is 2.59. The highest BCUT2D eigenvalue weighted by molar-refractivity contribution is 5.78. The molecule has 0 aromatic carbocycles. The first-order chi connectivity index (χ1) is 8.95. The molecule has 1 atom stereocenters. The summed E-state index contributed by atoms with van der Waals surface area (Å²) >= 11 is 0. The van der Waals surface area contributed by atoms with Crippen LogP contribution in [0.3, 0.4) is 0 Å². The largest absolute Gasteiger partial charge is 0.480 e. The van der Waals surface area contributed by atoms with Gasteiger partial charge in [-0.25, -0.2) is 0 Å². The Labute approximate surface area is 116 Å². The zero-order valence-corrected chi connectivity index (χ0v) is 12.2. The van der Waals surface area contributed by atoms with Crippen LogP contribution in [0.15, 0.2) is 0 Å². The van der Waals surface area contributed by atoms with Crippen LogP contribution in [-0.4, -0.2) is 23.2 Å². The van der Waals surface area contributed by atoms with Gasteiger partial charge in [0.2, 0.25) is 0 Å². The topological polar surface area (TPSA) is 49.3 Å². The highest BCUT2D eigenvalue weighted by Gasteiger charge is 2.51. The normalized spacial score (nSPS) is 43.2. The molecule has 108 valence electrons. The van der Waals surface area contributed by atoms with Gasteiger partial charge in [-0.1, -0.05) is 6.92 Å². The minimum absolute atomic E-state index is 0.417. The molecule has 0 spiro atoms. The maximum Gasteiger partial charge on any atom is 0.323 e. The van der Waals surface area contributed by atoms with Crippen molar-refractivity contribution < 1.29 is 9.90 Å². The lowest BCUT2D eigenvalue weighted by Gasteiger charge is -2.57. The molecule has 0 radical (unpaired) electrons. The molecular formula is C16H27NO2. The number of hydrogen-bond donors (Lipinski definition) is 2. The summed E-state index contributed by atoms with van der Waals surface area (Å²) in [6.45, 7) is 4.70. The van der Waals surface area contributed by atoms with Gasteiger partial charge < -0.3 is 10.4 Å². The van der Waals surface area contributed by atoms with Crippen LogP contribution in [0.5, 0.6) is 0 Å². The van der Waals surface area contributed by atoms with Crippen molar-refractivity contribution in [3.8, 4) is 0 Å². The third-order valence-electron chi connectivity index (χ3n) is 6.20. The van der Waals surface area contributed by atoms with E-state index in [0.717, 1.165) is 24.3 Å². The van der Waals surface area contributed by atoms with E-state index >= 15 is 0 Å². The minimum Gasteiger partial charge on any atom is -0.480 e. The summed E-state index contributed by atoms with van der Waals surface area (Å²) in [4.78, 5) is 11.4. The van der Waals surface area contributed by atoms with Crippen LogP contribution in [0.2, 0.25) is 0 Å². The molecule has 4 aliphatic rings. The summed E-state index contributed by atoms with van der Waals surface area (Å²) in [6, 6.07) is 0. The second kappa shape index (κ2) is 4.47. The number of rotatable bonds is 5. The maximum absolute atomic E-state index is 11.4. The zero-order valence-electron chi connectivity index (χ0n) is 12.2. The van der Waals surface area contributed by atoms with E-state index in [2.05, 4.69) is 5.32 Å². The Bertz CT molecular complexity index is 344. The van der Waals surface area contributed by atoms with Gasteiger partial charge in [-0.2, -0.15) is 0 Å². The van der Waals surface area contributed by atoms with Crippen molar-refractivity contribution in [2.75, 3.05) is 6.54 Å². The molecule has 4 aliphatic carbocycles. The van der Waals surface area contributed by atoms with Crippen LogP contribution in [0.4, 0.5) is 0 Å². The summed E-state index contributed by atoms with van der Waals surface area (Å²) in [5.74, 6) is 2.10. The lowest BCUT2D eigenvalue weighted by atomic mass is 9.49. The minimum atomic E-state index is -0.747. The first-order valence-corrected chi connectivity index (χ1v) is 7.93. The van der Waals surface area contributed by atoms with Crippen molar-refractivity contribution >= 4 is 5.97 Å². The van der Waals surface area contributed by atoms with E-state index < -0.39 is 11.5 Å². The van der Waals surface area contributed by atoms with Gasteiger partial charge >= 0.3 is 5.97 Å². The lowest BCUT2D eigenvalue weighted by molar-refractivity contribution is -0.145. The van der Waals surface area contributed by atoms with Crippen LogP contribution in [-0.2, 0) is 4.79 Å².